The van der Waals surface area contributed by atoms with Crippen LogP contribution in [0.15, 0.2) is 24.3 Å². The minimum Gasteiger partial charge on any atom is -0.381 e. The van der Waals surface area contributed by atoms with E-state index in [9.17, 15) is 4.79 Å². The maximum atomic E-state index is 11.8. The van der Waals surface area contributed by atoms with E-state index in [1.807, 2.05) is 24.3 Å². The van der Waals surface area contributed by atoms with Crippen molar-refractivity contribution in [3.05, 3.63) is 29.8 Å². The Kier molecular flexibility index (Phi) is 5.87. The van der Waals surface area contributed by atoms with Crippen LogP contribution < -0.4 is 10.6 Å². The topological polar surface area (TPSA) is 50.4 Å². The Labute approximate surface area is 120 Å². The average Bonchev–Trinajstić information content (AvgIpc) is 3.27. The van der Waals surface area contributed by atoms with Gasteiger partial charge in [-0.1, -0.05) is 25.1 Å². The molecule has 2 amide bonds. The number of hydrogen-bond donors (Lipinski definition) is 2. The van der Waals surface area contributed by atoms with Gasteiger partial charge in [0.25, 0.3) is 0 Å². The highest BCUT2D eigenvalue weighted by atomic mass is 16.5. The van der Waals surface area contributed by atoms with Crippen molar-refractivity contribution in [2.75, 3.05) is 25.1 Å². The molecule has 0 unspecified atom stereocenters. The lowest BCUT2D eigenvalue weighted by atomic mass is 10.1. The van der Waals surface area contributed by atoms with Crippen LogP contribution in [-0.2, 0) is 11.2 Å². The number of benzene rings is 1. The Hall–Kier alpha value is -1.55. The summed E-state index contributed by atoms with van der Waals surface area (Å²) in [6.45, 7) is 4.33. The van der Waals surface area contributed by atoms with Crippen LogP contribution in [0.3, 0.4) is 0 Å². The second-order valence-corrected chi connectivity index (χ2v) is 5.26. The van der Waals surface area contributed by atoms with Crippen LogP contribution in [0, 0.1) is 5.92 Å². The summed E-state index contributed by atoms with van der Waals surface area (Å²) in [7, 11) is 0. The quantitative estimate of drug-likeness (QED) is 0.716. The lowest BCUT2D eigenvalue weighted by Gasteiger charge is -2.11. The van der Waals surface area contributed by atoms with Gasteiger partial charge in [0.1, 0.15) is 0 Å². The first-order valence-electron chi connectivity index (χ1n) is 7.50. The Balaban J connectivity index is 1.59. The summed E-state index contributed by atoms with van der Waals surface area (Å²) in [5.41, 5.74) is 2.04. The van der Waals surface area contributed by atoms with Crippen molar-refractivity contribution in [1.82, 2.24) is 5.32 Å². The first-order valence-corrected chi connectivity index (χ1v) is 7.50. The van der Waals surface area contributed by atoms with Gasteiger partial charge in [0, 0.05) is 25.4 Å². The molecule has 1 aliphatic rings. The zero-order chi connectivity index (χ0) is 14.2. The van der Waals surface area contributed by atoms with Gasteiger partial charge in [-0.15, -0.1) is 0 Å². The molecule has 1 aromatic rings. The molecule has 1 saturated carbocycles. The minimum absolute atomic E-state index is 0.145. The molecule has 0 bridgehead atoms. The largest absolute Gasteiger partial charge is 0.381 e. The lowest BCUT2D eigenvalue weighted by Crippen LogP contribution is -2.30. The highest BCUT2D eigenvalue weighted by Gasteiger charge is 2.20. The molecule has 4 heteroatoms. The summed E-state index contributed by atoms with van der Waals surface area (Å²) in [4.78, 5) is 11.8. The van der Waals surface area contributed by atoms with Crippen molar-refractivity contribution in [1.29, 1.82) is 0 Å². The van der Waals surface area contributed by atoms with Crippen LogP contribution >= 0.6 is 0 Å². The fraction of sp³-hybridized carbons (Fsp3) is 0.562. The molecule has 1 aromatic carbocycles. The van der Waals surface area contributed by atoms with Crippen molar-refractivity contribution in [2.24, 2.45) is 5.92 Å². The van der Waals surface area contributed by atoms with Gasteiger partial charge in [-0.25, -0.2) is 4.79 Å². The summed E-state index contributed by atoms with van der Waals surface area (Å²) in [6, 6.07) is 7.73. The van der Waals surface area contributed by atoms with E-state index in [0.29, 0.717) is 6.54 Å². The zero-order valence-electron chi connectivity index (χ0n) is 12.2. The molecular weight excluding hydrogens is 252 g/mol. The maximum absolute atomic E-state index is 11.8. The summed E-state index contributed by atoms with van der Waals surface area (Å²) < 4.78 is 5.52. The second-order valence-electron chi connectivity index (χ2n) is 5.26. The second kappa shape index (κ2) is 7.90. The van der Waals surface area contributed by atoms with Crippen molar-refractivity contribution in [3.8, 4) is 0 Å². The Morgan fingerprint density at radius 1 is 1.35 bits per heavy atom. The molecule has 20 heavy (non-hydrogen) atoms. The molecule has 1 fully saturated rings. The van der Waals surface area contributed by atoms with E-state index < -0.39 is 0 Å². The first-order chi connectivity index (χ1) is 9.79. The van der Waals surface area contributed by atoms with Gasteiger partial charge in [-0.3, -0.25) is 0 Å². The molecule has 0 heterocycles. The predicted molar refractivity (Wildman–Crippen MR) is 81.0 cm³/mol. The van der Waals surface area contributed by atoms with Crippen LogP contribution in [-0.4, -0.2) is 25.8 Å². The monoisotopic (exact) mass is 276 g/mol. The third kappa shape index (κ3) is 5.21. The molecule has 0 aliphatic heterocycles. The van der Waals surface area contributed by atoms with Gasteiger partial charge in [-0.2, -0.15) is 0 Å². The number of anilines is 1. The zero-order valence-corrected chi connectivity index (χ0v) is 12.2. The van der Waals surface area contributed by atoms with Gasteiger partial charge in [-0.05, 0) is 43.2 Å². The minimum atomic E-state index is -0.145. The predicted octanol–water partition coefficient (Wildman–Crippen LogP) is 3.19. The molecule has 0 saturated heterocycles. The SMILES string of the molecule is CCc1ccccc1NC(=O)NCCCOCC1CC1. The van der Waals surface area contributed by atoms with Gasteiger partial charge in [0.2, 0.25) is 0 Å². The number of rotatable bonds is 8. The van der Waals surface area contributed by atoms with Gasteiger partial charge < -0.3 is 15.4 Å². The summed E-state index contributed by atoms with van der Waals surface area (Å²) >= 11 is 0. The summed E-state index contributed by atoms with van der Waals surface area (Å²) in [6.07, 6.45) is 4.40. The normalized spacial score (nSPS) is 14.1. The number of carbonyl (C=O) groups is 1. The molecule has 4 nitrogen and oxygen atoms in total. The van der Waals surface area contributed by atoms with E-state index in [4.69, 9.17) is 4.74 Å². The van der Waals surface area contributed by atoms with Crippen LogP contribution in [0.5, 0.6) is 0 Å². The Morgan fingerprint density at radius 2 is 2.15 bits per heavy atom. The molecule has 0 aromatic heterocycles. The Bertz CT molecular complexity index is 430. The van der Waals surface area contributed by atoms with E-state index in [1.165, 1.54) is 12.8 Å². The molecule has 2 N–H and O–H groups in total. The van der Waals surface area contributed by atoms with E-state index in [-0.39, 0.29) is 6.03 Å². The summed E-state index contributed by atoms with van der Waals surface area (Å²) in [5, 5.41) is 5.75. The van der Waals surface area contributed by atoms with Crippen molar-refractivity contribution >= 4 is 11.7 Å². The van der Waals surface area contributed by atoms with Crippen molar-refractivity contribution in [2.45, 2.75) is 32.6 Å². The molecule has 110 valence electrons. The van der Waals surface area contributed by atoms with Crippen molar-refractivity contribution in [3.63, 3.8) is 0 Å². The lowest BCUT2D eigenvalue weighted by molar-refractivity contribution is 0.122. The highest BCUT2D eigenvalue weighted by Crippen LogP contribution is 2.28. The van der Waals surface area contributed by atoms with Crippen LogP contribution in [0.1, 0.15) is 31.7 Å². The molecule has 0 atom stereocenters. The summed E-state index contributed by atoms with van der Waals surface area (Å²) in [5.74, 6) is 0.803. The first kappa shape index (κ1) is 14.9. The number of hydrogen-bond acceptors (Lipinski definition) is 2. The van der Waals surface area contributed by atoms with E-state index in [2.05, 4.69) is 17.6 Å². The standard InChI is InChI=1S/C16H24N2O2/c1-2-14-6-3-4-7-15(14)18-16(19)17-10-5-11-20-12-13-8-9-13/h3-4,6-7,13H,2,5,8-12H2,1H3,(H2,17,18,19). The molecular formula is C16H24N2O2. The van der Waals surface area contributed by atoms with E-state index in [1.54, 1.807) is 0 Å². The van der Waals surface area contributed by atoms with Crippen molar-refractivity contribution < 1.29 is 9.53 Å². The number of carbonyl (C=O) groups excluding carboxylic acids is 1. The maximum Gasteiger partial charge on any atom is 0.319 e. The molecule has 1 aliphatic carbocycles. The number of para-hydroxylation sites is 1. The van der Waals surface area contributed by atoms with Crippen LogP contribution in [0.2, 0.25) is 0 Å². The van der Waals surface area contributed by atoms with Gasteiger partial charge in [0.05, 0.1) is 0 Å². The number of urea groups is 1. The smallest absolute Gasteiger partial charge is 0.319 e. The third-order valence-corrected chi connectivity index (χ3v) is 3.45. The molecule has 2 rings (SSSR count). The van der Waals surface area contributed by atoms with E-state index in [0.717, 1.165) is 43.2 Å². The fourth-order valence-electron chi connectivity index (χ4n) is 2.03. The highest BCUT2D eigenvalue weighted by molar-refractivity contribution is 5.90. The molecule has 0 spiro atoms. The van der Waals surface area contributed by atoms with Crippen LogP contribution in [0.25, 0.3) is 0 Å². The molecule has 0 radical (unpaired) electrons. The number of nitrogens with one attached hydrogen (secondary N) is 2. The average molecular weight is 276 g/mol. The number of aryl methyl sites for hydroxylation is 1. The fourth-order valence-corrected chi connectivity index (χ4v) is 2.03. The third-order valence-electron chi connectivity index (χ3n) is 3.45. The van der Waals surface area contributed by atoms with Crippen LogP contribution in [0.4, 0.5) is 10.5 Å². The number of ether oxygens (including phenoxy) is 1. The van der Waals surface area contributed by atoms with Gasteiger partial charge in [0.15, 0.2) is 0 Å². The Morgan fingerprint density at radius 3 is 2.90 bits per heavy atom. The van der Waals surface area contributed by atoms with Gasteiger partial charge >= 0.3 is 6.03 Å². The van der Waals surface area contributed by atoms with E-state index >= 15 is 0 Å². The number of amides is 2.